The van der Waals surface area contributed by atoms with Crippen molar-refractivity contribution in [1.29, 1.82) is 0 Å². The molecule has 0 fully saturated rings. The van der Waals surface area contributed by atoms with Crippen LogP contribution in [0, 0.1) is 5.92 Å². The van der Waals surface area contributed by atoms with E-state index in [2.05, 4.69) is 10.3 Å². The first-order valence-electron chi connectivity index (χ1n) is 5.93. The summed E-state index contributed by atoms with van der Waals surface area (Å²) in [6.07, 6.45) is 0.619. The van der Waals surface area contributed by atoms with Crippen LogP contribution >= 0.6 is 0 Å². The lowest BCUT2D eigenvalue weighted by Gasteiger charge is -2.31. The summed E-state index contributed by atoms with van der Waals surface area (Å²) in [6.45, 7) is 1.81. The SMILES string of the molecule is CCC1=NC(=O)NC(c2cccc(O)c2)C1CO. The van der Waals surface area contributed by atoms with Gasteiger partial charge in [-0.1, -0.05) is 19.1 Å². The Bertz CT molecular complexity index is 485. The minimum Gasteiger partial charge on any atom is -0.508 e. The topological polar surface area (TPSA) is 81.9 Å². The Balaban J connectivity index is 2.37. The van der Waals surface area contributed by atoms with Gasteiger partial charge in [0.15, 0.2) is 0 Å². The summed E-state index contributed by atoms with van der Waals surface area (Å²) in [5.41, 5.74) is 1.46. The van der Waals surface area contributed by atoms with Crippen molar-refractivity contribution < 1.29 is 15.0 Å². The third-order valence-electron chi connectivity index (χ3n) is 3.14. The molecule has 1 aliphatic rings. The highest BCUT2D eigenvalue weighted by Gasteiger charge is 2.32. The highest BCUT2D eigenvalue weighted by molar-refractivity contribution is 5.99. The third-order valence-corrected chi connectivity index (χ3v) is 3.14. The maximum Gasteiger partial charge on any atom is 0.341 e. The Morgan fingerprint density at radius 3 is 2.83 bits per heavy atom. The first-order valence-corrected chi connectivity index (χ1v) is 5.93. The third kappa shape index (κ3) is 2.36. The van der Waals surface area contributed by atoms with Crippen molar-refractivity contribution in [3.8, 4) is 5.75 Å². The number of phenolic OH excluding ortho intramolecular Hbond substituents is 1. The first-order chi connectivity index (χ1) is 8.65. The van der Waals surface area contributed by atoms with E-state index in [0.717, 1.165) is 5.56 Å². The zero-order valence-corrected chi connectivity index (χ0v) is 10.1. The van der Waals surface area contributed by atoms with Crippen LogP contribution in [0.3, 0.4) is 0 Å². The number of hydrogen-bond acceptors (Lipinski definition) is 3. The molecule has 1 aromatic carbocycles. The molecule has 2 unspecified atom stereocenters. The Morgan fingerprint density at radius 1 is 1.44 bits per heavy atom. The number of aliphatic imine (C=N–C) groups is 1. The Labute approximate surface area is 105 Å². The van der Waals surface area contributed by atoms with Crippen LogP contribution in [-0.4, -0.2) is 28.6 Å². The van der Waals surface area contributed by atoms with Crippen LogP contribution in [0.2, 0.25) is 0 Å². The molecule has 2 amide bonds. The van der Waals surface area contributed by atoms with E-state index in [9.17, 15) is 15.0 Å². The Kier molecular flexibility index (Phi) is 3.62. The molecule has 0 aliphatic carbocycles. The van der Waals surface area contributed by atoms with Crippen LogP contribution in [0.4, 0.5) is 4.79 Å². The smallest absolute Gasteiger partial charge is 0.341 e. The summed E-state index contributed by atoms with van der Waals surface area (Å²) >= 11 is 0. The van der Waals surface area contributed by atoms with E-state index in [1.54, 1.807) is 18.2 Å². The summed E-state index contributed by atoms with van der Waals surface area (Å²) in [7, 11) is 0. The number of amides is 2. The van der Waals surface area contributed by atoms with Crippen molar-refractivity contribution in [1.82, 2.24) is 5.32 Å². The predicted molar refractivity (Wildman–Crippen MR) is 67.7 cm³/mol. The zero-order chi connectivity index (χ0) is 13.1. The molecule has 18 heavy (non-hydrogen) atoms. The van der Waals surface area contributed by atoms with Gasteiger partial charge in [-0.15, -0.1) is 0 Å². The molecule has 0 bridgehead atoms. The highest BCUT2D eigenvalue weighted by Crippen LogP contribution is 2.29. The molecule has 96 valence electrons. The fourth-order valence-corrected chi connectivity index (χ4v) is 2.26. The summed E-state index contributed by atoms with van der Waals surface area (Å²) in [4.78, 5) is 15.4. The monoisotopic (exact) mass is 248 g/mol. The van der Waals surface area contributed by atoms with Crippen molar-refractivity contribution in [2.45, 2.75) is 19.4 Å². The van der Waals surface area contributed by atoms with Crippen LogP contribution in [-0.2, 0) is 0 Å². The average Bonchev–Trinajstić information content (AvgIpc) is 2.37. The number of phenols is 1. The van der Waals surface area contributed by atoms with Crippen LogP contribution in [0.15, 0.2) is 29.3 Å². The van der Waals surface area contributed by atoms with Gasteiger partial charge in [-0.2, -0.15) is 0 Å². The molecule has 1 aliphatic heterocycles. The number of benzene rings is 1. The molecule has 0 saturated heterocycles. The van der Waals surface area contributed by atoms with Crippen LogP contribution in [0.25, 0.3) is 0 Å². The number of aliphatic hydroxyl groups is 1. The maximum atomic E-state index is 11.5. The molecule has 5 heteroatoms. The van der Waals surface area contributed by atoms with Crippen LogP contribution < -0.4 is 5.32 Å². The van der Waals surface area contributed by atoms with E-state index in [1.807, 2.05) is 13.0 Å². The molecule has 1 heterocycles. The van der Waals surface area contributed by atoms with Gasteiger partial charge in [0.2, 0.25) is 0 Å². The predicted octanol–water partition coefficient (Wildman–Crippen LogP) is 1.62. The van der Waals surface area contributed by atoms with Gasteiger partial charge in [0.25, 0.3) is 0 Å². The summed E-state index contributed by atoms with van der Waals surface area (Å²) in [5, 5.41) is 21.7. The number of carbonyl (C=O) groups is 1. The summed E-state index contributed by atoms with van der Waals surface area (Å²) < 4.78 is 0. The van der Waals surface area contributed by atoms with Gasteiger partial charge in [-0.3, -0.25) is 0 Å². The lowest BCUT2D eigenvalue weighted by atomic mass is 9.87. The van der Waals surface area contributed by atoms with Gasteiger partial charge < -0.3 is 15.5 Å². The van der Waals surface area contributed by atoms with Crippen molar-refractivity contribution in [3.63, 3.8) is 0 Å². The fourth-order valence-electron chi connectivity index (χ4n) is 2.26. The molecule has 5 nitrogen and oxygen atoms in total. The average molecular weight is 248 g/mol. The molecule has 1 aromatic rings. The quantitative estimate of drug-likeness (QED) is 0.760. The minimum atomic E-state index is -0.398. The highest BCUT2D eigenvalue weighted by atomic mass is 16.3. The second-order valence-electron chi connectivity index (χ2n) is 4.27. The van der Waals surface area contributed by atoms with E-state index in [1.165, 1.54) is 0 Å². The van der Waals surface area contributed by atoms with E-state index in [0.29, 0.717) is 12.1 Å². The lowest BCUT2D eigenvalue weighted by molar-refractivity contribution is 0.212. The number of rotatable bonds is 3. The summed E-state index contributed by atoms with van der Waals surface area (Å²) in [6, 6.07) is 5.93. The molecule has 3 N–H and O–H groups in total. The van der Waals surface area contributed by atoms with E-state index in [4.69, 9.17) is 0 Å². The number of carbonyl (C=O) groups excluding carboxylic acids is 1. The molecule has 2 atom stereocenters. The molecule has 0 saturated carbocycles. The Hall–Kier alpha value is -1.88. The van der Waals surface area contributed by atoms with Crippen molar-refractivity contribution in [2.75, 3.05) is 6.61 Å². The van der Waals surface area contributed by atoms with Gasteiger partial charge >= 0.3 is 6.03 Å². The molecule has 2 rings (SSSR count). The first kappa shape index (κ1) is 12.6. The standard InChI is InChI=1S/C13H16N2O3/c1-2-11-10(7-16)12(15-13(18)14-11)8-4-3-5-9(17)6-8/h3-6,10,12,16-17H,2,7H2,1H3,(H,15,18). The van der Waals surface area contributed by atoms with E-state index < -0.39 is 6.03 Å². The minimum absolute atomic E-state index is 0.0900. The van der Waals surface area contributed by atoms with Gasteiger partial charge in [0.05, 0.1) is 12.6 Å². The number of nitrogens with one attached hydrogen (secondary N) is 1. The van der Waals surface area contributed by atoms with Gasteiger partial charge in [-0.25, -0.2) is 9.79 Å². The second-order valence-corrected chi connectivity index (χ2v) is 4.27. The largest absolute Gasteiger partial charge is 0.508 e. The van der Waals surface area contributed by atoms with Crippen LogP contribution in [0.5, 0.6) is 5.75 Å². The zero-order valence-electron chi connectivity index (χ0n) is 10.1. The molecular formula is C13H16N2O3. The van der Waals surface area contributed by atoms with Gasteiger partial charge in [0.1, 0.15) is 5.75 Å². The number of aliphatic hydroxyl groups excluding tert-OH is 1. The van der Waals surface area contributed by atoms with Gasteiger partial charge in [0, 0.05) is 11.6 Å². The van der Waals surface area contributed by atoms with Crippen LogP contribution in [0.1, 0.15) is 24.9 Å². The van der Waals surface area contributed by atoms with Gasteiger partial charge in [-0.05, 0) is 24.1 Å². The number of aromatic hydroxyl groups is 1. The second kappa shape index (κ2) is 5.18. The van der Waals surface area contributed by atoms with Crippen molar-refractivity contribution in [2.24, 2.45) is 10.9 Å². The Morgan fingerprint density at radius 2 is 2.22 bits per heavy atom. The number of hydrogen-bond donors (Lipinski definition) is 3. The van der Waals surface area contributed by atoms with Crippen molar-refractivity contribution in [3.05, 3.63) is 29.8 Å². The number of urea groups is 1. The normalized spacial score (nSPS) is 23.4. The molecule has 0 aromatic heterocycles. The number of nitrogens with zero attached hydrogens (tertiary/aromatic N) is 1. The molecule has 0 radical (unpaired) electrons. The summed E-state index contributed by atoms with van der Waals surface area (Å²) in [5.74, 6) is -0.103. The maximum absolute atomic E-state index is 11.5. The van der Waals surface area contributed by atoms with E-state index in [-0.39, 0.29) is 24.3 Å². The fraction of sp³-hybridized carbons (Fsp3) is 0.385. The molecular weight excluding hydrogens is 232 g/mol. The molecule has 0 spiro atoms. The van der Waals surface area contributed by atoms with E-state index >= 15 is 0 Å². The van der Waals surface area contributed by atoms with Crippen molar-refractivity contribution >= 4 is 11.7 Å². The lowest BCUT2D eigenvalue weighted by Crippen LogP contribution is -2.42.